The van der Waals surface area contributed by atoms with Gasteiger partial charge in [-0.1, -0.05) is 19.3 Å². The molecule has 5 nitrogen and oxygen atoms in total. The fraction of sp³-hybridized carbons (Fsp3) is 0.867. The minimum Gasteiger partial charge on any atom is -0.370 e. The number of rotatable bonds is 8. The average Bonchev–Trinajstić information content (AvgIpc) is 2.45. The number of nitrogens with two attached hydrogens (primary N) is 2. The van der Waals surface area contributed by atoms with Crippen LogP contribution < -0.4 is 11.5 Å². The molecule has 116 valence electrons. The normalized spacial score (nSPS) is 15.8. The van der Waals surface area contributed by atoms with E-state index >= 15 is 0 Å². The predicted molar refractivity (Wildman–Crippen MR) is 83.4 cm³/mol. The third kappa shape index (κ3) is 6.78. The maximum Gasteiger partial charge on any atom is 0.222 e. The Hall–Kier alpha value is -1.26. The Morgan fingerprint density at radius 2 is 1.90 bits per heavy atom. The molecule has 0 bridgehead atoms. The smallest absolute Gasteiger partial charge is 0.222 e. The zero-order valence-electron chi connectivity index (χ0n) is 12.8. The molecule has 0 aliphatic heterocycles. The van der Waals surface area contributed by atoms with Crippen LogP contribution in [0.1, 0.15) is 58.3 Å². The number of carbonyl (C=O) groups excluding carboxylic acids is 1. The lowest BCUT2D eigenvalue weighted by atomic mass is 9.89. The molecule has 0 radical (unpaired) electrons. The number of aliphatic imine (C=N–C) groups is 1. The standard InChI is InChI=1S/C15H30N4O/c1-2-19(12-13-8-4-3-5-9-13)14(20)10-6-7-11-18-15(16)17/h13H,2-12H2,1H3,(H4,16,17,18). The Morgan fingerprint density at radius 1 is 1.20 bits per heavy atom. The van der Waals surface area contributed by atoms with Crippen molar-refractivity contribution in [3.05, 3.63) is 0 Å². The van der Waals surface area contributed by atoms with Crippen molar-refractivity contribution in [3.63, 3.8) is 0 Å². The highest BCUT2D eigenvalue weighted by Gasteiger charge is 2.19. The van der Waals surface area contributed by atoms with Gasteiger partial charge in [0, 0.05) is 26.1 Å². The van der Waals surface area contributed by atoms with Crippen LogP contribution in [0, 0.1) is 5.92 Å². The Bertz CT molecular complexity index is 307. The van der Waals surface area contributed by atoms with Crippen molar-refractivity contribution < 1.29 is 4.79 Å². The molecule has 1 amide bonds. The van der Waals surface area contributed by atoms with Crippen LogP contribution in [0.25, 0.3) is 0 Å². The lowest BCUT2D eigenvalue weighted by Gasteiger charge is -2.29. The molecule has 1 saturated carbocycles. The Kier molecular flexibility index (Phi) is 8.07. The first-order chi connectivity index (χ1) is 9.63. The van der Waals surface area contributed by atoms with Crippen molar-refractivity contribution >= 4 is 11.9 Å². The maximum atomic E-state index is 12.2. The van der Waals surface area contributed by atoms with E-state index in [2.05, 4.69) is 11.9 Å². The molecule has 0 unspecified atom stereocenters. The van der Waals surface area contributed by atoms with Gasteiger partial charge < -0.3 is 16.4 Å². The molecule has 0 aromatic carbocycles. The number of unbranched alkanes of at least 4 members (excludes halogenated alkanes) is 1. The molecule has 0 atom stereocenters. The van der Waals surface area contributed by atoms with Gasteiger partial charge in [-0.25, -0.2) is 0 Å². The van der Waals surface area contributed by atoms with E-state index in [0.29, 0.717) is 18.9 Å². The molecule has 1 aliphatic carbocycles. The van der Waals surface area contributed by atoms with Crippen molar-refractivity contribution in [2.45, 2.75) is 58.3 Å². The van der Waals surface area contributed by atoms with Crippen molar-refractivity contribution in [1.82, 2.24) is 4.90 Å². The van der Waals surface area contributed by atoms with E-state index < -0.39 is 0 Å². The second-order valence-corrected chi connectivity index (χ2v) is 5.70. The van der Waals surface area contributed by atoms with Crippen LogP contribution >= 0.6 is 0 Å². The van der Waals surface area contributed by atoms with Gasteiger partial charge in [0.1, 0.15) is 0 Å². The second-order valence-electron chi connectivity index (χ2n) is 5.70. The molecule has 0 saturated heterocycles. The largest absolute Gasteiger partial charge is 0.370 e. The number of hydrogen-bond acceptors (Lipinski definition) is 2. The highest BCUT2D eigenvalue weighted by molar-refractivity contribution is 5.76. The first-order valence-corrected chi connectivity index (χ1v) is 7.96. The monoisotopic (exact) mass is 282 g/mol. The summed E-state index contributed by atoms with van der Waals surface area (Å²) in [6.45, 7) is 4.46. The molecular formula is C15H30N4O. The zero-order valence-corrected chi connectivity index (χ0v) is 12.8. The summed E-state index contributed by atoms with van der Waals surface area (Å²) < 4.78 is 0. The van der Waals surface area contributed by atoms with Gasteiger partial charge >= 0.3 is 0 Å². The van der Waals surface area contributed by atoms with Gasteiger partial charge in [-0.05, 0) is 38.5 Å². The van der Waals surface area contributed by atoms with Gasteiger partial charge in [-0.15, -0.1) is 0 Å². The van der Waals surface area contributed by atoms with Crippen LogP contribution in [0.5, 0.6) is 0 Å². The summed E-state index contributed by atoms with van der Waals surface area (Å²) >= 11 is 0. The first-order valence-electron chi connectivity index (χ1n) is 7.96. The van der Waals surface area contributed by atoms with Gasteiger partial charge in [-0.2, -0.15) is 0 Å². The second kappa shape index (κ2) is 9.61. The van der Waals surface area contributed by atoms with Crippen LogP contribution in [0.2, 0.25) is 0 Å². The zero-order chi connectivity index (χ0) is 14.8. The van der Waals surface area contributed by atoms with Crippen LogP contribution in [0.4, 0.5) is 0 Å². The van der Waals surface area contributed by atoms with Gasteiger partial charge in [0.05, 0.1) is 0 Å². The molecule has 1 rings (SSSR count). The quantitative estimate of drug-likeness (QED) is 0.405. The summed E-state index contributed by atoms with van der Waals surface area (Å²) in [6.07, 6.45) is 8.93. The molecule has 0 heterocycles. The van der Waals surface area contributed by atoms with Crippen molar-refractivity contribution in [3.8, 4) is 0 Å². The van der Waals surface area contributed by atoms with E-state index in [-0.39, 0.29) is 11.9 Å². The summed E-state index contributed by atoms with van der Waals surface area (Å²) in [5.74, 6) is 1.13. The van der Waals surface area contributed by atoms with Gasteiger partial charge in [0.15, 0.2) is 5.96 Å². The SMILES string of the molecule is CCN(CC1CCCCC1)C(=O)CCCCN=C(N)N. The summed E-state index contributed by atoms with van der Waals surface area (Å²) in [7, 11) is 0. The predicted octanol–water partition coefficient (Wildman–Crippen LogP) is 1.86. The fourth-order valence-electron chi connectivity index (χ4n) is 2.84. The van der Waals surface area contributed by atoms with Crippen LogP contribution in [0.3, 0.4) is 0 Å². The number of amides is 1. The Balaban J connectivity index is 2.22. The Labute approximate surface area is 122 Å². The summed E-state index contributed by atoms with van der Waals surface area (Å²) in [5.41, 5.74) is 10.5. The van der Waals surface area contributed by atoms with E-state index in [0.717, 1.165) is 25.9 Å². The summed E-state index contributed by atoms with van der Waals surface area (Å²) in [5, 5.41) is 0. The topological polar surface area (TPSA) is 84.7 Å². The van der Waals surface area contributed by atoms with E-state index in [1.807, 2.05) is 4.90 Å². The number of hydrogen-bond donors (Lipinski definition) is 2. The van der Waals surface area contributed by atoms with E-state index in [1.54, 1.807) is 0 Å². The van der Waals surface area contributed by atoms with Gasteiger partial charge in [-0.3, -0.25) is 9.79 Å². The molecule has 0 aromatic heterocycles. The van der Waals surface area contributed by atoms with Gasteiger partial charge in [0.25, 0.3) is 0 Å². The molecule has 0 spiro atoms. The van der Waals surface area contributed by atoms with Crippen LogP contribution in [-0.4, -0.2) is 36.4 Å². The number of guanidine groups is 1. The van der Waals surface area contributed by atoms with Crippen molar-refractivity contribution in [1.29, 1.82) is 0 Å². The van der Waals surface area contributed by atoms with E-state index in [1.165, 1.54) is 32.1 Å². The lowest BCUT2D eigenvalue weighted by molar-refractivity contribution is -0.131. The first kappa shape index (κ1) is 16.8. The lowest BCUT2D eigenvalue weighted by Crippen LogP contribution is -2.35. The molecule has 4 N–H and O–H groups in total. The molecule has 0 aromatic rings. The van der Waals surface area contributed by atoms with Crippen LogP contribution in [-0.2, 0) is 4.79 Å². The van der Waals surface area contributed by atoms with Crippen molar-refractivity contribution in [2.75, 3.05) is 19.6 Å². The third-order valence-corrected chi connectivity index (χ3v) is 4.03. The highest BCUT2D eigenvalue weighted by Crippen LogP contribution is 2.24. The summed E-state index contributed by atoms with van der Waals surface area (Å²) in [4.78, 5) is 18.1. The third-order valence-electron chi connectivity index (χ3n) is 4.03. The van der Waals surface area contributed by atoms with Crippen molar-refractivity contribution in [2.24, 2.45) is 22.4 Å². The summed E-state index contributed by atoms with van der Waals surface area (Å²) in [6, 6.07) is 0. The van der Waals surface area contributed by atoms with E-state index in [4.69, 9.17) is 11.5 Å². The van der Waals surface area contributed by atoms with Crippen LogP contribution in [0.15, 0.2) is 4.99 Å². The Morgan fingerprint density at radius 3 is 2.50 bits per heavy atom. The number of nitrogens with zero attached hydrogens (tertiary/aromatic N) is 2. The maximum absolute atomic E-state index is 12.2. The number of carbonyl (C=O) groups is 1. The molecule has 1 aliphatic rings. The molecule has 1 fully saturated rings. The minimum atomic E-state index is 0.129. The molecular weight excluding hydrogens is 252 g/mol. The fourth-order valence-corrected chi connectivity index (χ4v) is 2.84. The highest BCUT2D eigenvalue weighted by atomic mass is 16.2. The molecule has 5 heteroatoms. The molecule has 20 heavy (non-hydrogen) atoms. The van der Waals surface area contributed by atoms with E-state index in [9.17, 15) is 4.79 Å². The average molecular weight is 282 g/mol. The van der Waals surface area contributed by atoms with Gasteiger partial charge in [0.2, 0.25) is 5.91 Å². The minimum absolute atomic E-state index is 0.129.